The van der Waals surface area contributed by atoms with Gasteiger partial charge in [0.2, 0.25) is 0 Å². The second kappa shape index (κ2) is 6.07. The van der Waals surface area contributed by atoms with Crippen LogP contribution in [0.2, 0.25) is 0 Å². The van der Waals surface area contributed by atoms with Gasteiger partial charge in [-0.3, -0.25) is 0 Å². The van der Waals surface area contributed by atoms with Crippen molar-refractivity contribution in [2.24, 2.45) is 5.73 Å². The molecule has 0 aliphatic carbocycles. The first-order chi connectivity index (χ1) is 8.78. The average Bonchev–Trinajstić information content (AvgIpc) is 2.65. The Labute approximate surface area is 108 Å². The molecule has 1 aromatic carbocycles. The van der Waals surface area contributed by atoms with Gasteiger partial charge in [-0.15, -0.1) is 0 Å². The van der Waals surface area contributed by atoms with Crippen molar-refractivity contribution < 1.29 is 9.47 Å². The number of methoxy groups -OCH3 is 1. The number of hydrogen-bond acceptors (Lipinski definition) is 4. The maximum atomic E-state index is 5.98. The predicted octanol–water partition coefficient (Wildman–Crippen LogP) is 2.01. The fourth-order valence-electron chi connectivity index (χ4n) is 2.39. The first kappa shape index (κ1) is 13.2. The summed E-state index contributed by atoms with van der Waals surface area (Å²) in [5.74, 6) is 0.858. The second-order valence-electron chi connectivity index (χ2n) is 4.81. The Hall–Kier alpha value is -1.26. The Morgan fingerprint density at radius 1 is 1.39 bits per heavy atom. The third-order valence-corrected chi connectivity index (χ3v) is 3.54. The number of hydrogen-bond donors (Lipinski definition) is 2. The van der Waals surface area contributed by atoms with Crippen LogP contribution in [0.4, 0.5) is 5.69 Å². The van der Waals surface area contributed by atoms with Gasteiger partial charge in [-0.1, -0.05) is 6.07 Å². The number of benzene rings is 1. The fraction of sp³-hybridized carbons (Fsp3) is 0.571. The summed E-state index contributed by atoms with van der Waals surface area (Å²) in [5, 5.41) is 3.57. The Balaban J connectivity index is 2.12. The van der Waals surface area contributed by atoms with Gasteiger partial charge in [-0.05, 0) is 31.4 Å². The van der Waals surface area contributed by atoms with E-state index in [9.17, 15) is 0 Å². The van der Waals surface area contributed by atoms with Crippen molar-refractivity contribution in [2.45, 2.75) is 24.8 Å². The lowest BCUT2D eigenvalue weighted by atomic mass is 9.90. The van der Waals surface area contributed by atoms with Gasteiger partial charge < -0.3 is 20.5 Å². The van der Waals surface area contributed by atoms with E-state index in [1.165, 1.54) is 0 Å². The quantitative estimate of drug-likeness (QED) is 0.858. The van der Waals surface area contributed by atoms with Crippen LogP contribution >= 0.6 is 0 Å². The van der Waals surface area contributed by atoms with Crippen molar-refractivity contribution in [3.8, 4) is 5.75 Å². The van der Waals surface area contributed by atoms with Crippen LogP contribution in [-0.2, 0) is 4.74 Å². The predicted molar refractivity (Wildman–Crippen MR) is 73.1 cm³/mol. The standard InChI is InChI=1S/C14H22N2O2/c1-17-13-5-2-4-12(10-13)16-14(11-15)6-3-8-18-9-7-14/h2,4-5,10,16H,3,6-9,11,15H2,1H3. The highest BCUT2D eigenvalue weighted by Gasteiger charge is 2.29. The van der Waals surface area contributed by atoms with E-state index in [1.807, 2.05) is 24.3 Å². The third-order valence-electron chi connectivity index (χ3n) is 3.54. The van der Waals surface area contributed by atoms with Gasteiger partial charge in [0.1, 0.15) is 5.75 Å². The van der Waals surface area contributed by atoms with Crippen LogP contribution in [0.1, 0.15) is 19.3 Å². The maximum absolute atomic E-state index is 5.98. The summed E-state index contributed by atoms with van der Waals surface area (Å²) in [4.78, 5) is 0. The van der Waals surface area contributed by atoms with E-state index in [1.54, 1.807) is 7.11 Å². The molecule has 3 N–H and O–H groups in total. The van der Waals surface area contributed by atoms with E-state index >= 15 is 0 Å². The third kappa shape index (κ3) is 3.15. The van der Waals surface area contributed by atoms with Crippen molar-refractivity contribution in [3.63, 3.8) is 0 Å². The fourth-order valence-corrected chi connectivity index (χ4v) is 2.39. The molecular weight excluding hydrogens is 228 g/mol. The molecule has 1 aliphatic rings. The summed E-state index contributed by atoms with van der Waals surface area (Å²) >= 11 is 0. The van der Waals surface area contributed by atoms with Crippen molar-refractivity contribution in [1.29, 1.82) is 0 Å². The van der Waals surface area contributed by atoms with E-state index in [2.05, 4.69) is 5.32 Å². The lowest BCUT2D eigenvalue weighted by Gasteiger charge is -2.33. The molecule has 0 spiro atoms. The molecule has 0 bridgehead atoms. The highest BCUT2D eigenvalue weighted by molar-refractivity contribution is 5.50. The summed E-state index contributed by atoms with van der Waals surface area (Å²) in [6, 6.07) is 7.98. The molecule has 0 amide bonds. The molecule has 0 radical (unpaired) electrons. The van der Waals surface area contributed by atoms with Crippen molar-refractivity contribution in [2.75, 3.05) is 32.2 Å². The van der Waals surface area contributed by atoms with Crippen LogP contribution < -0.4 is 15.8 Å². The smallest absolute Gasteiger partial charge is 0.120 e. The summed E-state index contributed by atoms with van der Waals surface area (Å²) in [6.45, 7) is 2.23. The average molecular weight is 250 g/mol. The van der Waals surface area contributed by atoms with E-state index < -0.39 is 0 Å². The lowest BCUT2D eigenvalue weighted by molar-refractivity contribution is 0.141. The van der Waals surface area contributed by atoms with E-state index in [0.29, 0.717) is 6.54 Å². The van der Waals surface area contributed by atoms with Crippen LogP contribution in [0, 0.1) is 0 Å². The van der Waals surface area contributed by atoms with Crippen LogP contribution in [0.25, 0.3) is 0 Å². The van der Waals surface area contributed by atoms with Gasteiger partial charge >= 0.3 is 0 Å². The van der Waals surface area contributed by atoms with Gasteiger partial charge in [0, 0.05) is 31.5 Å². The minimum atomic E-state index is -0.0527. The molecule has 4 heteroatoms. The number of nitrogens with one attached hydrogen (secondary N) is 1. The zero-order valence-electron chi connectivity index (χ0n) is 10.9. The van der Waals surface area contributed by atoms with E-state index in [4.69, 9.17) is 15.2 Å². The van der Waals surface area contributed by atoms with E-state index in [0.717, 1.165) is 43.9 Å². The molecule has 1 aromatic rings. The number of rotatable bonds is 4. The summed E-state index contributed by atoms with van der Waals surface area (Å²) in [7, 11) is 1.68. The molecule has 4 nitrogen and oxygen atoms in total. The first-order valence-electron chi connectivity index (χ1n) is 6.48. The van der Waals surface area contributed by atoms with Crippen molar-refractivity contribution in [1.82, 2.24) is 0 Å². The van der Waals surface area contributed by atoms with Gasteiger partial charge in [0.25, 0.3) is 0 Å². The molecule has 1 fully saturated rings. The van der Waals surface area contributed by atoms with E-state index in [-0.39, 0.29) is 5.54 Å². The molecule has 1 atom stereocenters. The summed E-state index contributed by atoms with van der Waals surface area (Å²) in [5.41, 5.74) is 6.98. The first-order valence-corrected chi connectivity index (χ1v) is 6.48. The summed E-state index contributed by atoms with van der Waals surface area (Å²) in [6.07, 6.45) is 3.04. The molecule has 1 aliphatic heterocycles. The minimum absolute atomic E-state index is 0.0527. The molecular formula is C14H22N2O2. The van der Waals surface area contributed by atoms with Crippen LogP contribution in [-0.4, -0.2) is 32.4 Å². The molecule has 100 valence electrons. The second-order valence-corrected chi connectivity index (χ2v) is 4.81. The Kier molecular flexibility index (Phi) is 4.44. The number of anilines is 1. The highest BCUT2D eigenvalue weighted by atomic mass is 16.5. The Morgan fingerprint density at radius 2 is 2.28 bits per heavy atom. The maximum Gasteiger partial charge on any atom is 0.120 e. The zero-order valence-corrected chi connectivity index (χ0v) is 10.9. The van der Waals surface area contributed by atoms with Crippen LogP contribution in [0.15, 0.2) is 24.3 Å². The normalized spacial score (nSPS) is 24.3. The largest absolute Gasteiger partial charge is 0.497 e. The van der Waals surface area contributed by atoms with Gasteiger partial charge in [-0.25, -0.2) is 0 Å². The molecule has 1 saturated heterocycles. The minimum Gasteiger partial charge on any atom is -0.497 e. The van der Waals surface area contributed by atoms with Crippen molar-refractivity contribution in [3.05, 3.63) is 24.3 Å². The monoisotopic (exact) mass is 250 g/mol. The molecule has 18 heavy (non-hydrogen) atoms. The molecule has 1 heterocycles. The zero-order chi connectivity index (χ0) is 12.8. The SMILES string of the molecule is COc1cccc(NC2(CN)CCCOCC2)c1. The molecule has 0 aromatic heterocycles. The Bertz CT molecular complexity index is 374. The molecule has 2 rings (SSSR count). The van der Waals surface area contributed by atoms with Gasteiger partial charge in [0.05, 0.1) is 12.6 Å². The number of ether oxygens (including phenoxy) is 2. The number of nitrogens with two attached hydrogens (primary N) is 1. The summed E-state index contributed by atoms with van der Waals surface area (Å²) < 4.78 is 10.8. The van der Waals surface area contributed by atoms with Crippen LogP contribution in [0.5, 0.6) is 5.75 Å². The molecule has 1 unspecified atom stereocenters. The van der Waals surface area contributed by atoms with Crippen molar-refractivity contribution >= 4 is 5.69 Å². The topological polar surface area (TPSA) is 56.5 Å². The van der Waals surface area contributed by atoms with Crippen LogP contribution in [0.3, 0.4) is 0 Å². The lowest BCUT2D eigenvalue weighted by Crippen LogP contribution is -2.45. The van der Waals surface area contributed by atoms with Gasteiger partial charge in [0.15, 0.2) is 0 Å². The van der Waals surface area contributed by atoms with Gasteiger partial charge in [-0.2, -0.15) is 0 Å². The Morgan fingerprint density at radius 3 is 3.06 bits per heavy atom. The molecule has 0 saturated carbocycles. The highest BCUT2D eigenvalue weighted by Crippen LogP contribution is 2.27.